The molecule has 1 amide bonds. The van der Waals surface area contributed by atoms with Crippen LogP contribution < -0.4 is 10.1 Å². The van der Waals surface area contributed by atoms with Crippen LogP contribution in [0.15, 0.2) is 18.2 Å². The van der Waals surface area contributed by atoms with Crippen molar-refractivity contribution in [3.8, 4) is 5.75 Å². The normalized spacial score (nSPS) is 9.86. The Morgan fingerprint density at radius 3 is 2.52 bits per heavy atom. The summed E-state index contributed by atoms with van der Waals surface area (Å²) in [5, 5.41) is 2.61. The van der Waals surface area contributed by atoms with Gasteiger partial charge in [0.2, 0.25) is 0 Å². The van der Waals surface area contributed by atoms with Gasteiger partial charge in [-0.05, 0) is 31.5 Å². The zero-order chi connectivity index (χ0) is 15.8. The van der Waals surface area contributed by atoms with Gasteiger partial charge in [-0.15, -0.1) is 0 Å². The number of hydrogen-bond donors (Lipinski definition) is 1. The van der Waals surface area contributed by atoms with Crippen molar-refractivity contribution in [2.75, 3.05) is 19.0 Å². The summed E-state index contributed by atoms with van der Waals surface area (Å²) in [6.45, 7) is 2.88. The number of ketones is 1. The summed E-state index contributed by atoms with van der Waals surface area (Å²) < 4.78 is 9.92. The zero-order valence-corrected chi connectivity index (χ0v) is 12.4. The van der Waals surface area contributed by atoms with Gasteiger partial charge in [-0.2, -0.15) is 0 Å². The molecule has 0 aliphatic rings. The van der Waals surface area contributed by atoms with Crippen molar-refractivity contribution in [1.29, 1.82) is 0 Å². The number of ether oxygens (including phenoxy) is 2. The minimum Gasteiger partial charge on any atom is -0.495 e. The van der Waals surface area contributed by atoms with Crippen LogP contribution >= 0.6 is 0 Å². The number of nitrogens with one attached hydrogen (secondary N) is 1. The lowest BCUT2D eigenvalue weighted by atomic mass is 10.2. The van der Waals surface area contributed by atoms with Gasteiger partial charge in [0.25, 0.3) is 5.91 Å². The Morgan fingerprint density at radius 2 is 1.90 bits per heavy atom. The fourth-order valence-electron chi connectivity index (χ4n) is 1.60. The number of Topliss-reactive ketones (excluding diaryl/α,β-unsaturated/α-hetero) is 1. The number of amides is 1. The van der Waals surface area contributed by atoms with E-state index in [1.807, 2.05) is 13.0 Å². The summed E-state index contributed by atoms with van der Waals surface area (Å²) >= 11 is 0. The number of methoxy groups -OCH3 is 1. The highest BCUT2D eigenvalue weighted by Crippen LogP contribution is 2.24. The maximum atomic E-state index is 11.7. The summed E-state index contributed by atoms with van der Waals surface area (Å²) in [6.07, 6.45) is 0.0997. The number of carbonyl (C=O) groups is 3. The van der Waals surface area contributed by atoms with E-state index in [-0.39, 0.29) is 18.6 Å². The molecule has 1 aromatic carbocycles. The number of esters is 1. The van der Waals surface area contributed by atoms with Gasteiger partial charge in [0.15, 0.2) is 6.61 Å². The molecule has 1 aromatic rings. The predicted octanol–water partition coefficient (Wildman–Crippen LogP) is 1.85. The smallest absolute Gasteiger partial charge is 0.306 e. The first-order valence-corrected chi connectivity index (χ1v) is 6.52. The largest absolute Gasteiger partial charge is 0.495 e. The molecule has 0 aliphatic carbocycles. The second kappa shape index (κ2) is 8.04. The number of benzene rings is 1. The second-order valence-corrected chi connectivity index (χ2v) is 4.61. The summed E-state index contributed by atoms with van der Waals surface area (Å²) in [7, 11) is 1.50. The molecular weight excluding hydrogens is 274 g/mol. The Balaban J connectivity index is 2.49. The minimum atomic E-state index is -0.573. The lowest BCUT2D eigenvalue weighted by Crippen LogP contribution is -2.21. The topological polar surface area (TPSA) is 81.7 Å². The maximum Gasteiger partial charge on any atom is 0.306 e. The van der Waals surface area contributed by atoms with E-state index >= 15 is 0 Å². The van der Waals surface area contributed by atoms with Crippen LogP contribution in [0.1, 0.15) is 25.3 Å². The molecule has 0 aromatic heterocycles. The number of rotatable bonds is 7. The van der Waals surface area contributed by atoms with Crippen LogP contribution in [0.4, 0.5) is 5.69 Å². The molecule has 0 fully saturated rings. The predicted molar refractivity (Wildman–Crippen MR) is 77.2 cm³/mol. The number of aryl methyl sites for hydroxylation is 1. The van der Waals surface area contributed by atoms with E-state index in [1.54, 1.807) is 12.1 Å². The summed E-state index contributed by atoms with van der Waals surface area (Å²) in [6, 6.07) is 5.36. The first kappa shape index (κ1) is 16.7. The van der Waals surface area contributed by atoms with E-state index in [0.717, 1.165) is 5.56 Å². The summed E-state index contributed by atoms with van der Waals surface area (Å²) in [5.41, 5.74) is 1.48. The van der Waals surface area contributed by atoms with Gasteiger partial charge in [-0.25, -0.2) is 0 Å². The standard InChI is InChI=1S/C15H19NO5/c1-10-4-6-13(20-3)12(8-10)16-14(18)9-21-15(19)7-5-11(2)17/h4,6,8H,5,7,9H2,1-3H3,(H,16,18). The Morgan fingerprint density at radius 1 is 1.19 bits per heavy atom. The first-order chi connectivity index (χ1) is 9.92. The lowest BCUT2D eigenvalue weighted by Gasteiger charge is -2.11. The Hall–Kier alpha value is -2.37. The van der Waals surface area contributed by atoms with Crippen LogP contribution in [0.25, 0.3) is 0 Å². The van der Waals surface area contributed by atoms with Crippen molar-refractivity contribution in [2.45, 2.75) is 26.7 Å². The van der Waals surface area contributed by atoms with Crippen molar-refractivity contribution in [3.63, 3.8) is 0 Å². The van der Waals surface area contributed by atoms with E-state index in [0.29, 0.717) is 11.4 Å². The molecule has 21 heavy (non-hydrogen) atoms. The first-order valence-electron chi connectivity index (χ1n) is 6.52. The minimum absolute atomic E-state index is 0.0175. The Labute approximate surface area is 123 Å². The quantitative estimate of drug-likeness (QED) is 0.776. The van der Waals surface area contributed by atoms with Gasteiger partial charge in [0.1, 0.15) is 11.5 Å². The van der Waals surface area contributed by atoms with E-state index < -0.39 is 18.5 Å². The second-order valence-electron chi connectivity index (χ2n) is 4.61. The summed E-state index contributed by atoms with van der Waals surface area (Å²) in [5.74, 6) is -0.607. The molecule has 0 heterocycles. The molecule has 1 N–H and O–H groups in total. The molecule has 0 bridgehead atoms. The van der Waals surface area contributed by atoms with Gasteiger partial charge in [-0.1, -0.05) is 6.07 Å². The highest BCUT2D eigenvalue weighted by molar-refractivity contribution is 5.94. The highest BCUT2D eigenvalue weighted by Gasteiger charge is 2.11. The van der Waals surface area contributed by atoms with E-state index in [1.165, 1.54) is 14.0 Å². The third kappa shape index (κ3) is 6.07. The van der Waals surface area contributed by atoms with Crippen LogP contribution in [0.5, 0.6) is 5.75 Å². The zero-order valence-electron chi connectivity index (χ0n) is 12.4. The van der Waals surface area contributed by atoms with E-state index in [2.05, 4.69) is 5.32 Å². The van der Waals surface area contributed by atoms with Gasteiger partial charge < -0.3 is 19.6 Å². The maximum absolute atomic E-state index is 11.7. The molecule has 1 rings (SSSR count). The molecule has 0 atom stereocenters. The average Bonchev–Trinajstić information content (AvgIpc) is 2.43. The van der Waals surface area contributed by atoms with Crippen LogP contribution in [0.2, 0.25) is 0 Å². The lowest BCUT2D eigenvalue weighted by molar-refractivity contribution is -0.148. The van der Waals surface area contributed by atoms with Crippen LogP contribution in [0.3, 0.4) is 0 Å². The number of anilines is 1. The van der Waals surface area contributed by atoms with Crippen LogP contribution in [0, 0.1) is 6.92 Å². The molecule has 0 saturated heterocycles. The molecule has 0 saturated carbocycles. The van der Waals surface area contributed by atoms with E-state index in [4.69, 9.17) is 9.47 Å². The van der Waals surface area contributed by atoms with Gasteiger partial charge in [0, 0.05) is 6.42 Å². The van der Waals surface area contributed by atoms with Crippen molar-refractivity contribution in [1.82, 2.24) is 0 Å². The fourth-order valence-corrected chi connectivity index (χ4v) is 1.60. The number of carbonyl (C=O) groups excluding carboxylic acids is 3. The van der Waals surface area contributed by atoms with Crippen LogP contribution in [-0.2, 0) is 19.1 Å². The average molecular weight is 293 g/mol. The molecule has 0 unspecified atom stereocenters. The highest BCUT2D eigenvalue weighted by atomic mass is 16.5. The van der Waals surface area contributed by atoms with Crippen molar-refractivity contribution < 1.29 is 23.9 Å². The molecule has 6 heteroatoms. The molecule has 0 spiro atoms. The third-order valence-electron chi connectivity index (χ3n) is 2.67. The molecular formula is C15H19NO5. The molecule has 6 nitrogen and oxygen atoms in total. The molecule has 114 valence electrons. The Bertz CT molecular complexity index is 539. The van der Waals surface area contributed by atoms with Crippen molar-refractivity contribution in [2.24, 2.45) is 0 Å². The molecule has 0 aliphatic heterocycles. The van der Waals surface area contributed by atoms with Crippen molar-refractivity contribution in [3.05, 3.63) is 23.8 Å². The summed E-state index contributed by atoms with van der Waals surface area (Å²) in [4.78, 5) is 33.8. The van der Waals surface area contributed by atoms with Gasteiger partial charge in [-0.3, -0.25) is 9.59 Å². The molecule has 0 radical (unpaired) electrons. The Kier molecular flexibility index (Phi) is 6.39. The van der Waals surface area contributed by atoms with Crippen molar-refractivity contribution >= 4 is 23.3 Å². The van der Waals surface area contributed by atoms with Gasteiger partial charge >= 0.3 is 5.97 Å². The van der Waals surface area contributed by atoms with Crippen LogP contribution in [-0.4, -0.2) is 31.4 Å². The number of hydrogen-bond acceptors (Lipinski definition) is 5. The van der Waals surface area contributed by atoms with Gasteiger partial charge in [0.05, 0.1) is 19.2 Å². The third-order valence-corrected chi connectivity index (χ3v) is 2.67. The monoisotopic (exact) mass is 293 g/mol. The SMILES string of the molecule is COc1ccc(C)cc1NC(=O)COC(=O)CCC(C)=O. The van der Waals surface area contributed by atoms with E-state index in [9.17, 15) is 14.4 Å². The fraction of sp³-hybridized carbons (Fsp3) is 0.400.